The van der Waals surface area contributed by atoms with Crippen LogP contribution in [0.25, 0.3) is 0 Å². The maximum absolute atomic E-state index is 3.47. The number of piperidine rings is 3. The third kappa shape index (κ3) is 12.6. The Labute approximate surface area is 227 Å². The van der Waals surface area contributed by atoms with E-state index < -0.39 is 0 Å². The molecule has 0 bridgehead atoms. The van der Waals surface area contributed by atoms with Crippen molar-refractivity contribution in [3.05, 3.63) is 0 Å². The van der Waals surface area contributed by atoms with Crippen LogP contribution in [0.2, 0.25) is 0 Å². The molecule has 4 saturated heterocycles. The number of rotatable bonds is 6. The summed E-state index contributed by atoms with van der Waals surface area (Å²) >= 11 is 0. The average Bonchev–Trinajstić information content (AvgIpc) is 3.38. The smallest absolute Gasteiger partial charge is 0.00106 e. The molecule has 0 radical (unpaired) electrons. The van der Waals surface area contributed by atoms with Gasteiger partial charge in [0.2, 0.25) is 0 Å². The summed E-state index contributed by atoms with van der Waals surface area (Å²) in [5.74, 6) is 4.74. The molecule has 0 aliphatic carbocycles. The van der Waals surface area contributed by atoms with Gasteiger partial charge in [0, 0.05) is 6.54 Å². The van der Waals surface area contributed by atoms with Gasteiger partial charge in [0.05, 0.1) is 0 Å². The third-order valence-corrected chi connectivity index (χ3v) is 9.38. The monoisotopic (exact) mass is 507 g/mol. The minimum absolute atomic E-state index is 0.515. The van der Waals surface area contributed by atoms with Crippen LogP contribution in [0, 0.1) is 35.0 Å². The molecule has 0 amide bonds. The normalized spacial score (nSPS) is 25.8. The molecule has 0 unspecified atom stereocenters. The van der Waals surface area contributed by atoms with Crippen LogP contribution in [-0.4, -0.2) is 75.2 Å². The molecule has 4 heterocycles. The molecule has 0 aromatic carbocycles. The molecular formula is C32H66N4. The average molecular weight is 507 g/mol. The van der Waals surface area contributed by atoms with E-state index in [-0.39, 0.29) is 0 Å². The summed E-state index contributed by atoms with van der Waals surface area (Å²) in [7, 11) is 0. The zero-order chi connectivity index (χ0) is 26.4. The minimum Gasteiger partial charge on any atom is -0.317 e. The molecule has 0 saturated carbocycles. The van der Waals surface area contributed by atoms with Gasteiger partial charge in [-0.1, -0.05) is 54.9 Å². The number of nitrogens with one attached hydrogen (secondary N) is 2. The summed E-state index contributed by atoms with van der Waals surface area (Å²) in [5.41, 5.74) is 0.515. The van der Waals surface area contributed by atoms with E-state index in [0.717, 1.165) is 29.6 Å². The van der Waals surface area contributed by atoms with Crippen LogP contribution in [-0.2, 0) is 0 Å². The van der Waals surface area contributed by atoms with E-state index in [1.807, 2.05) is 0 Å². The Hall–Kier alpha value is -0.160. The van der Waals surface area contributed by atoms with E-state index >= 15 is 0 Å². The third-order valence-electron chi connectivity index (χ3n) is 9.38. The molecule has 0 aromatic heterocycles. The van der Waals surface area contributed by atoms with Crippen LogP contribution in [0.5, 0.6) is 0 Å². The zero-order valence-electron chi connectivity index (χ0n) is 25.7. The Morgan fingerprint density at radius 1 is 0.722 bits per heavy atom. The fraction of sp³-hybridized carbons (Fsp3) is 1.00. The molecule has 36 heavy (non-hydrogen) atoms. The van der Waals surface area contributed by atoms with Gasteiger partial charge >= 0.3 is 0 Å². The zero-order valence-corrected chi connectivity index (χ0v) is 25.7. The first-order valence-electron chi connectivity index (χ1n) is 16.1. The van der Waals surface area contributed by atoms with E-state index in [2.05, 4.69) is 68.9 Å². The first-order chi connectivity index (χ1) is 17.2. The maximum Gasteiger partial charge on any atom is 0.00106 e. The Balaban J connectivity index is 0.000000229. The van der Waals surface area contributed by atoms with Gasteiger partial charge in [-0.15, -0.1) is 0 Å². The molecule has 4 nitrogen and oxygen atoms in total. The molecule has 4 heteroatoms. The largest absolute Gasteiger partial charge is 0.317 e. The molecule has 2 N–H and O–H groups in total. The molecule has 1 atom stereocenters. The highest BCUT2D eigenvalue weighted by atomic mass is 15.1. The van der Waals surface area contributed by atoms with Crippen molar-refractivity contribution in [1.29, 1.82) is 0 Å². The summed E-state index contributed by atoms with van der Waals surface area (Å²) in [4.78, 5) is 5.41. The summed E-state index contributed by atoms with van der Waals surface area (Å²) in [5, 5.41) is 6.92. The van der Waals surface area contributed by atoms with Crippen molar-refractivity contribution in [2.24, 2.45) is 35.0 Å². The van der Waals surface area contributed by atoms with Crippen LogP contribution in [0.4, 0.5) is 0 Å². The van der Waals surface area contributed by atoms with Crippen LogP contribution in [0.3, 0.4) is 0 Å². The van der Waals surface area contributed by atoms with Gasteiger partial charge in [0.15, 0.2) is 0 Å². The predicted octanol–water partition coefficient (Wildman–Crippen LogP) is 6.51. The predicted molar refractivity (Wildman–Crippen MR) is 160 cm³/mol. The summed E-state index contributed by atoms with van der Waals surface area (Å²) in [6.45, 7) is 29.3. The Morgan fingerprint density at radius 3 is 1.75 bits per heavy atom. The summed E-state index contributed by atoms with van der Waals surface area (Å²) < 4.78 is 0. The lowest BCUT2D eigenvalue weighted by molar-refractivity contribution is 0.108. The first kappa shape index (κ1) is 32.1. The van der Waals surface area contributed by atoms with Gasteiger partial charge in [-0.05, 0) is 145 Å². The van der Waals surface area contributed by atoms with Crippen molar-refractivity contribution >= 4 is 0 Å². The first-order valence-corrected chi connectivity index (χ1v) is 16.1. The Morgan fingerprint density at radius 2 is 1.25 bits per heavy atom. The van der Waals surface area contributed by atoms with Gasteiger partial charge in [0.25, 0.3) is 0 Å². The fourth-order valence-corrected chi connectivity index (χ4v) is 6.58. The van der Waals surface area contributed by atoms with E-state index in [1.54, 1.807) is 0 Å². The van der Waals surface area contributed by atoms with Crippen LogP contribution in [0.15, 0.2) is 0 Å². The molecule has 0 aromatic rings. The Kier molecular flexibility index (Phi) is 15.5. The van der Waals surface area contributed by atoms with E-state index in [0.29, 0.717) is 5.41 Å². The van der Waals surface area contributed by atoms with Crippen molar-refractivity contribution in [1.82, 2.24) is 20.4 Å². The summed E-state index contributed by atoms with van der Waals surface area (Å²) in [6.07, 6.45) is 12.5. The number of likely N-dealkylation sites (tertiary alicyclic amines) is 2. The molecule has 4 aliphatic heterocycles. The van der Waals surface area contributed by atoms with Gasteiger partial charge in [0.1, 0.15) is 0 Å². The van der Waals surface area contributed by atoms with Crippen molar-refractivity contribution in [3.63, 3.8) is 0 Å². The standard InChI is InChI=1S/C15H30N2.C14H28N2.C3H8/c1-15(2,3)14-6-10-17(11-7-14)9-5-13-4-8-16-12-13;1-12(2)14-5-9-16(10-6-14)11-13-3-7-15-8-4-13;1-3-2/h13-14,16H,4-12H2,1-3H3;12-15H,3-11H2,1-2H3;3H2,1-2H3/t13-;;/m1../s1. The quantitative estimate of drug-likeness (QED) is 0.430. The number of nitrogens with zero attached hydrogens (tertiary/aromatic N) is 2. The highest BCUT2D eigenvalue weighted by Crippen LogP contribution is 2.34. The van der Waals surface area contributed by atoms with Gasteiger partial charge in [-0.2, -0.15) is 0 Å². The van der Waals surface area contributed by atoms with Gasteiger partial charge < -0.3 is 20.4 Å². The SMILES string of the molecule is CC(C)(C)C1CCN(CC[C@H]2CCNC2)CC1.CC(C)C1CCN(CC2CCNCC2)CC1.CCC. The Bertz CT molecular complexity index is 515. The lowest BCUT2D eigenvalue weighted by Crippen LogP contribution is -2.40. The van der Waals surface area contributed by atoms with Gasteiger partial charge in [-0.25, -0.2) is 0 Å². The van der Waals surface area contributed by atoms with Crippen molar-refractivity contribution < 1.29 is 0 Å². The second kappa shape index (κ2) is 17.4. The van der Waals surface area contributed by atoms with E-state index in [4.69, 9.17) is 0 Å². The molecule has 4 aliphatic rings. The van der Waals surface area contributed by atoms with Gasteiger partial charge in [-0.3, -0.25) is 0 Å². The van der Waals surface area contributed by atoms with Crippen LogP contribution < -0.4 is 10.6 Å². The minimum atomic E-state index is 0.515. The van der Waals surface area contributed by atoms with E-state index in [9.17, 15) is 0 Å². The molecule has 4 rings (SSSR count). The van der Waals surface area contributed by atoms with Crippen molar-refractivity contribution in [3.8, 4) is 0 Å². The lowest BCUT2D eigenvalue weighted by atomic mass is 9.75. The van der Waals surface area contributed by atoms with E-state index in [1.165, 1.54) is 123 Å². The highest BCUT2D eigenvalue weighted by Gasteiger charge is 2.29. The molecule has 0 spiro atoms. The van der Waals surface area contributed by atoms with Crippen molar-refractivity contribution in [2.45, 2.75) is 106 Å². The maximum atomic E-state index is 3.47. The molecule has 214 valence electrons. The van der Waals surface area contributed by atoms with Crippen LogP contribution >= 0.6 is 0 Å². The molecular weight excluding hydrogens is 440 g/mol. The second-order valence-electron chi connectivity index (χ2n) is 13.9. The second-order valence-corrected chi connectivity index (χ2v) is 13.9. The highest BCUT2D eigenvalue weighted by molar-refractivity contribution is 4.82. The lowest BCUT2D eigenvalue weighted by Gasteiger charge is -2.39. The topological polar surface area (TPSA) is 30.5 Å². The van der Waals surface area contributed by atoms with Crippen LogP contribution in [0.1, 0.15) is 106 Å². The number of hydrogen-bond donors (Lipinski definition) is 2. The fourth-order valence-electron chi connectivity index (χ4n) is 6.58. The summed E-state index contributed by atoms with van der Waals surface area (Å²) in [6, 6.07) is 0. The molecule has 4 fully saturated rings. The number of hydrogen-bond acceptors (Lipinski definition) is 4. The van der Waals surface area contributed by atoms with Crippen molar-refractivity contribution in [2.75, 3.05) is 65.4 Å².